The third-order valence-electron chi connectivity index (χ3n) is 5.65. The average Bonchev–Trinajstić information content (AvgIpc) is 2.75. The molecule has 0 aliphatic rings. The van der Waals surface area contributed by atoms with Gasteiger partial charge >= 0.3 is 0 Å². The monoisotopic (exact) mass is 518 g/mol. The molecule has 0 saturated heterocycles. The van der Waals surface area contributed by atoms with Crippen LogP contribution >= 0.6 is 7.26 Å². The summed E-state index contributed by atoms with van der Waals surface area (Å²) in [5, 5.41) is 15.2. The molecular formula is C26H32IOP. The van der Waals surface area contributed by atoms with Crippen LogP contribution in [0, 0.1) is 0 Å². The number of benzene rings is 3. The average molecular weight is 518 g/mol. The molecule has 0 heterocycles. The van der Waals surface area contributed by atoms with Crippen LogP contribution < -0.4 is 39.9 Å². The number of rotatable bonds is 9. The van der Waals surface area contributed by atoms with Gasteiger partial charge in [0.05, 0.1) is 11.8 Å². The predicted octanol–water partition coefficient (Wildman–Crippen LogP) is 2.32. The van der Waals surface area contributed by atoms with E-state index in [1.165, 1.54) is 15.9 Å². The number of aliphatic hydroxyl groups is 1. The Kier molecular flexibility index (Phi) is 9.33. The van der Waals surface area contributed by atoms with Crippen LogP contribution in [0.5, 0.6) is 0 Å². The van der Waals surface area contributed by atoms with E-state index in [1.807, 2.05) is 6.92 Å². The van der Waals surface area contributed by atoms with E-state index in [0.717, 1.165) is 31.8 Å². The second kappa shape index (κ2) is 11.2. The lowest BCUT2D eigenvalue weighted by Gasteiger charge is -2.31. The van der Waals surface area contributed by atoms with Gasteiger partial charge in [0.25, 0.3) is 0 Å². The molecule has 1 unspecified atom stereocenters. The molecule has 0 aliphatic carbocycles. The molecule has 0 bridgehead atoms. The summed E-state index contributed by atoms with van der Waals surface area (Å²) in [6.07, 6.45) is 4.83. The van der Waals surface area contributed by atoms with Crippen LogP contribution in [0.15, 0.2) is 91.0 Å². The van der Waals surface area contributed by atoms with E-state index < -0.39 is 12.9 Å². The zero-order chi connectivity index (χ0) is 19.9. The van der Waals surface area contributed by atoms with Crippen LogP contribution in [0.1, 0.15) is 39.5 Å². The topological polar surface area (TPSA) is 20.2 Å². The Morgan fingerprint density at radius 3 is 1.41 bits per heavy atom. The SMILES string of the molecule is CCCCC(C)(O)CC[P+](c1ccccc1)(c1ccccc1)c1ccccc1.[I-]. The highest BCUT2D eigenvalue weighted by atomic mass is 127. The van der Waals surface area contributed by atoms with E-state index >= 15 is 0 Å². The smallest absolute Gasteiger partial charge is 0.112 e. The maximum atomic E-state index is 11.1. The summed E-state index contributed by atoms with van der Waals surface area (Å²) < 4.78 is 0. The summed E-state index contributed by atoms with van der Waals surface area (Å²) in [7, 11) is -1.84. The van der Waals surface area contributed by atoms with Crippen molar-refractivity contribution >= 4 is 23.2 Å². The fourth-order valence-corrected chi connectivity index (χ4v) is 8.50. The van der Waals surface area contributed by atoms with Gasteiger partial charge in [0.15, 0.2) is 0 Å². The molecular weight excluding hydrogens is 486 g/mol. The molecule has 0 aliphatic heterocycles. The molecule has 0 radical (unpaired) electrons. The predicted molar refractivity (Wildman–Crippen MR) is 125 cm³/mol. The number of hydrogen-bond donors (Lipinski definition) is 1. The van der Waals surface area contributed by atoms with Crippen molar-refractivity contribution in [3.63, 3.8) is 0 Å². The van der Waals surface area contributed by atoms with Crippen LogP contribution in [-0.2, 0) is 0 Å². The van der Waals surface area contributed by atoms with Gasteiger partial charge in [0.2, 0.25) is 0 Å². The van der Waals surface area contributed by atoms with Crippen molar-refractivity contribution in [3.8, 4) is 0 Å². The molecule has 1 atom stereocenters. The van der Waals surface area contributed by atoms with Crippen LogP contribution in [0.3, 0.4) is 0 Å². The van der Waals surface area contributed by atoms with Crippen LogP contribution in [-0.4, -0.2) is 16.9 Å². The zero-order valence-electron chi connectivity index (χ0n) is 17.5. The summed E-state index contributed by atoms with van der Waals surface area (Å²) in [4.78, 5) is 0. The van der Waals surface area contributed by atoms with Gasteiger partial charge in [-0.15, -0.1) is 0 Å². The van der Waals surface area contributed by atoms with Crippen molar-refractivity contribution in [2.24, 2.45) is 0 Å². The lowest BCUT2D eigenvalue weighted by atomic mass is 9.96. The summed E-state index contributed by atoms with van der Waals surface area (Å²) in [5.74, 6) is 0. The Morgan fingerprint density at radius 1 is 0.690 bits per heavy atom. The van der Waals surface area contributed by atoms with Gasteiger partial charge in [0.1, 0.15) is 23.2 Å². The molecule has 0 fully saturated rings. The van der Waals surface area contributed by atoms with Crippen molar-refractivity contribution in [2.45, 2.75) is 45.1 Å². The largest absolute Gasteiger partial charge is 1.00 e. The van der Waals surface area contributed by atoms with E-state index in [4.69, 9.17) is 0 Å². The molecule has 29 heavy (non-hydrogen) atoms. The first-order valence-corrected chi connectivity index (χ1v) is 12.3. The summed E-state index contributed by atoms with van der Waals surface area (Å²) in [6, 6.07) is 32.8. The minimum absolute atomic E-state index is 0. The first kappa shape index (κ1) is 24.1. The highest BCUT2D eigenvalue weighted by Gasteiger charge is 2.46. The standard InChI is InChI=1S/C26H32OP.HI/c1-3-4-20-26(2,27)21-22-28(23-14-8-5-9-15-23,24-16-10-6-11-17-24)25-18-12-7-13-19-25;/h5-19,27H,3-4,20-22H2,1-2H3;1H/q+1;/p-1. The highest BCUT2D eigenvalue weighted by Crippen LogP contribution is 2.56. The number of halogens is 1. The summed E-state index contributed by atoms with van der Waals surface area (Å²) in [6.45, 7) is 4.20. The number of hydrogen-bond acceptors (Lipinski definition) is 1. The second-order valence-corrected chi connectivity index (χ2v) is 11.5. The van der Waals surface area contributed by atoms with Crippen molar-refractivity contribution < 1.29 is 29.1 Å². The molecule has 1 nitrogen and oxygen atoms in total. The first-order chi connectivity index (χ1) is 13.6. The maximum Gasteiger partial charge on any atom is 0.112 e. The zero-order valence-corrected chi connectivity index (χ0v) is 20.5. The van der Waals surface area contributed by atoms with Gasteiger partial charge < -0.3 is 29.1 Å². The van der Waals surface area contributed by atoms with E-state index in [0.29, 0.717) is 0 Å². The van der Waals surface area contributed by atoms with E-state index in [2.05, 4.69) is 97.9 Å². The van der Waals surface area contributed by atoms with Gasteiger partial charge in [-0.2, -0.15) is 0 Å². The molecule has 0 amide bonds. The summed E-state index contributed by atoms with van der Waals surface area (Å²) >= 11 is 0. The Morgan fingerprint density at radius 2 is 1.07 bits per heavy atom. The van der Waals surface area contributed by atoms with E-state index in [1.54, 1.807) is 0 Å². The first-order valence-electron chi connectivity index (χ1n) is 10.4. The Hall–Kier alpha value is -1.22. The van der Waals surface area contributed by atoms with Crippen molar-refractivity contribution in [1.82, 2.24) is 0 Å². The van der Waals surface area contributed by atoms with Crippen molar-refractivity contribution in [2.75, 3.05) is 6.16 Å². The maximum absolute atomic E-state index is 11.1. The third kappa shape index (κ3) is 5.90. The normalized spacial score (nSPS) is 13.3. The lowest BCUT2D eigenvalue weighted by Crippen LogP contribution is -3.00. The van der Waals surface area contributed by atoms with Crippen LogP contribution in [0.25, 0.3) is 0 Å². The molecule has 0 saturated carbocycles. The molecule has 0 spiro atoms. The fourth-order valence-electron chi connectivity index (χ4n) is 3.97. The Balaban J connectivity index is 0.00000300. The van der Waals surface area contributed by atoms with Crippen LogP contribution in [0.4, 0.5) is 0 Å². The van der Waals surface area contributed by atoms with E-state index in [-0.39, 0.29) is 24.0 Å². The lowest BCUT2D eigenvalue weighted by molar-refractivity contribution is -0.0000167. The minimum atomic E-state index is -1.84. The minimum Gasteiger partial charge on any atom is -1.00 e. The molecule has 0 aromatic heterocycles. The van der Waals surface area contributed by atoms with Gasteiger partial charge in [-0.05, 0) is 49.7 Å². The second-order valence-electron chi connectivity index (χ2n) is 7.89. The Bertz CT molecular complexity index is 738. The van der Waals surface area contributed by atoms with Crippen molar-refractivity contribution in [3.05, 3.63) is 91.0 Å². The summed E-state index contributed by atoms with van der Waals surface area (Å²) in [5.41, 5.74) is -0.625. The van der Waals surface area contributed by atoms with E-state index in [9.17, 15) is 5.11 Å². The highest BCUT2D eigenvalue weighted by molar-refractivity contribution is 7.95. The third-order valence-corrected chi connectivity index (χ3v) is 10.1. The molecule has 3 aromatic rings. The molecule has 1 N–H and O–H groups in total. The van der Waals surface area contributed by atoms with Gasteiger partial charge in [-0.1, -0.05) is 74.4 Å². The van der Waals surface area contributed by atoms with Crippen LogP contribution in [0.2, 0.25) is 0 Å². The molecule has 3 aromatic carbocycles. The quantitative estimate of drug-likeness (QED) is 0.341. The fraction of sp³-hybridized carbons (Fsp3) is 0.308. The van der Waals surface area contributed by atoms with Gasteiger partial charge in [-0.25, -0.2) is 0 Å². The van der Waals surface area contributed by atoms with Gasteiger partial charge in [0, 0.05) is 6.42 Å². The van der Waals surface area contributed by atoms with Crippen molar-refractivity contribution in [1.29, 1.82) is 0 Å². The molecule has 154 valence electrons. The molecule has 3 rings (SSSR count). The number of unbranched alkanes of at least 4 members (excludes halogenated alkanes) is 1. The molecule has 3 heteroatoms. The van der Waals surface area contributed by atoms with Gasteiger partial charge in [-0.3, -0.25) is 0 Å². The Labute approximate surface area is 193 Å².